The molecule has 2 unspecified atom stereocenters. The number of carbonyl (C=O) groups is 2. The molecule has 3 aromatic heterocycles. The number of nitrogens with zero attached hydrogens (tertiary/aromatic N) is 4. The molecule has 0 radical (unpaired) electrons. The zero-order chi connectivity index (χ0) is 47.0. The number of hydrogen-bond donors (Lipinski definition) is 0. The Balaban J connectivity index is 1.61. The number of unbranched alkanes of at least 4 members (excludes halogenated alkanes) is 16. The van der Waals surface area contributed by atoms with Crippen molar-refractivity contribution in [3.63, 3.8) is 0 Å². The molecule has 2 aliphatic heterocycles. The van der Waals surface area contributed by atoms with Gasteiger partial charge < -0.3 is 9.80 Å². The molecule has 9 heteroatoms. The number of aromatic nitrogens is 2. The molecule has 65 heavy (non-hydrogen) atoms. The minimum atomic E-state index is -0.100. The quantitative estimate of drug-likeness (QED) is 0.0603. The van der Waals surface area contributed by atoms with Gasteiger partial charge in [0.15, 0.2) is 0 Å². The highest BCUT2D eigenvalue weighted by Gasteiger charge is 2.51. The highest BCUT2D eigenvalue weighted by atomic mass is 32.1. The summed E-state index contributed by atoms with van der Waals surface area (Å²) in [5, 5.41) is 1.57. The standard InChI is InChI=1S/C56H88N4O2S3/c1-11-15-19-23-25-29-33-41(31-27-21-17-13-3)39-59-49(51-57-37-44(64-51)43-35-36-45(63-43)55(5,6)7)47-48(54(59)62)50(52-58-38-46(65-52)56(8,9)10)60(53(47)61)40-42(32-28-22-18-14-4)34-30-26-24-20-16-12-2/h35-38,41-42H,11-34,39-40H2,1-10H3. The van der Waals surface area contributed by atoms with Crippen LogP contribution in [0, 0.1) is 11.8 Å². The Kier molecular flexibility index (Phi) is 21.5. The van der Waals surface area contributed by atoms with E-state index in [4.69, 9.17) is 9.97 Å². The lowest BCUT2D eigenvalue weighted by Gasteiger charge is -2.29. The van der Waals surface area contributed by atoms with Gasteiger partial charge >= 0.3 is 0 Å². The minimum absolute atomic E-state index is 0.0341. The second kappa shape index (κ2) is 26.2. The van der Waals surface area contributed by atoms with E-state index in [2.05, 4.69) is 81.4 Å². The molecule has 0 fully saturated rings. The zero-order valence-electron chi connectivity index (χ0n) is 42.7. The van der Waals surface area contributed by atoms with Gasteiger partial charge in [-0.05, 0) is 60.5 Å². The predicted octanol–water partition coefficient (Wildman–Crippen LogP) is 17.4. The molecule has 0 spiro atoms. The summed E-state index contributed by atoms with van der Waals surface area (Å²) in [5.74, 6) is 0.650. The van der Waals surface area contributed by atoms with Gasteiger partial charge in [0.2, 0.25) is 0 Å². The Bertz CT molecular complexity index is 1990. The number of amides is 2. The van der Waals surface area contributed by atoms with Gasteiger partial charge in [0, 0.05) is 40.1 Å². The smallest absolute Gasteiger partial charge is 0.261 e. The molecule has 0 saturated heterocycles. The fourth-order valence-corrected chi connectivity index (χ4v) is 12.8. The van der Waals surface area contributed by atoms with Crippen LogP contribution in [0.2, 0.25) is 0 Å². The summed E-state index contributed by atoms with van der Waals surface area (Å²) in [4.78, 5) is 50.3. The monoisotopic (exact) mass is 945 g/mol. The second-order valence-electron chi connectivity index (χ2n) is 21.5. The lowest BCUT2D eigenvalue weighted by molar-refractivity contribution is -0.124. The molecule has 6 nitrogen and oxygen atoms in total. The van der Waals surface area contributed by atoms with Gasteiger partial charge in [-0.1, -0.05) is 198 Å². The van der Waals surface area contributed by atoms with Crippen LogP contribution in [0.1, 0.15) is 243 Å². The Hall–Kier alpha value is -2.62. The molecule has 0 saturated carbocycles. The average molecular weight is 946 g/mol. The molecule has 0 aliphatic carbocycles. The molecule has 0 bridgehead atoms. The van der Waals surface area contributed by atoms with Gasteiger partial charge in [0.25, 0.3) is 11.8 Å². The average Bonchev–Trinajstić information content (AvgIpc) is 4.12. The number of rotatable bonds is 31. The molecular weight excluding hydrogens is 857 g/mol. The molecule has 5 rings (SSSR count). The number of thiophene rings is 1. The highest BCUT2D eigenvalue weighted by molar-refractivity contribution is 7.22. The van der Waals surface area contributed by atoms with Crippen LogP contribution >= 0.6 is 34.0 Å². The van der Waals surface area contributed by atoms with E-state index in [9.17, 15) is 0 Å². The largest absolute Gasteiger partial charge is 0.304 e. The third kappa shape index (κ3) is 14.9. The summed E-state index contributed by atoms with van der Waals surface area (Å²) < 4.78 is 0. The molecule has 2 atom stereocenters. The van der Waals surface area contributed by atoms with Gasteiger partial charge in [-0.15, -0.1) is 34.0 Å². The normalized spacial score (nSPS) is 15.7. The maximum Gasteiger partial charge on any atom is 0.261 e. The van der Waals surface area contributed by atoms with Crippen molar-refractivity contribution in [2.75, 3.05) is 13.1 Å². The van der Waals surface area contributed by atoms with Crippen molar-refractivity contribution in [2.45, 2.75) is 234 Å². The summed E-state index contributed by atoms with van der Waals surface area (Å²) in [5.41, 5.74) is 2.57. The van der Waals surface area contributed by atoms with Crippen LogP contribution in [-0.2, 0) is 20.4 Å². The lowest BCUT2D eigenvalue weighted by atomic mass is 9.93. The Labute approximate surface area is 408 Å². The third-order valence-electron chi connectivity index (χ3n) is 13.7. The van der Waals surface area contributed by atoms with Crippen molar-refractivity contribution < 1.29 is 9.59 Å². The first-order chi connectivity index (χ1) is 31.2. The predicted molar refractivity (Wildman–Crippen MR) is 283 cm³/mol. The molecule has 2 aliphatic rings. The molecule has 5 heterocycles. The molecule has 3 aromatic rings. The lowest BCUT2D eigenvalue weighted by Crippen LogP contribution is -2.35. The topological polar surface area (TPSA) is 66.4 Å². The zero-order valence-corrected chi connectivity index (χ0v) is 45.1. The van der Waals surface area contributed by atoms with Gasteiger partial charge in [-0.3, -0.25) is 9.59 Å². The molecule has 362 valence electrons. The Morgan fingerprint density at radius 1 is 0.462 bits per heavy atom. The van der Waals surface area contributed by atoms with Gasteiger partial charge in [0.05, 0.1) is 27.4 Å². The first-order valence-electron chi connectivity index (χ1n) is 26.4. The molecule has 0 N–H and O–H groups in total. The van der Waals surface area contributed by atoms with Crippen molar-refractivity contribution in [1.82, 2.24) is 19.8 Å². The van der Waals surface area contributed by atoms with E-state index in [0.717, 1.165) is 56.8 Å². The van der Waals surface area contributed by atoms with E-state index in [1.54, 1.807) is 22.7 Å². The van der Waals surface area contributed by atoms with E-state index < -0.39 is 0 Å². The van der Waals surface area contributed by atoms with Crippen LogP contribution < -0.4 is 0 Å². The van der Waals surface area contributed by atoms with Gasteiger partial charge in [0.1, 0.15) is 10.0 Å². The van der Waals surface area contributed by atoms with Crippen LogP contribution in [0.4, 0.5) is 0 Å². The van der Waals surface area contributed by atoms with Gasteiger partial charge in [-0.2, -0.15) is 0 Å². The Morgan fingerprint density at radius 2 is 0.846 bits per heavy atom. The summed E-state index contributed by atoms with van der Waals surface area (Å²) in [6.45, 7) is 23.8. The van der Waals surface area contributed by atoms with Crippen LogP contribution in [0.3, 0.4) is 0 Å². The summed E-state index contributed by atoms with van der Waals surface area (Å²) in [6, 6.07) is 4.46. The Morgan fingerprint density at radius 3 is 1.25 bits per heavy atom. The van der Waals surface area contributed by atoms with E-state index in [0.29, 0.717) is 36.1 Å². The van der Waals surface area contributed by atoms with Crippen molar-refractivity contribution in [3.8, 4) is 9.75 Å². The number of carbonyl (C=O) groups excluding carboxylic acids is 2. The van der Waals surface area contributed by atoms with Crippen molar-refractivity contribution >= 4 is 57.2 Å². The van der Waals surface area contributed by atoms with Crippen LogP contribution in [-0.4, -0.2) is 44.7 Å². The number of hydrogen-bond acceptors (Lipinski definition) is 7. The minimum Gasteiger partial charge on any atom is -0.304 e. The van der Waals surface area contributed by atoms with Crippen molar-refractivity contribution in [1.29, 1.82) is 0 Å². The number of fused-ring (bicyclic) bond motifs is 1. The molecule has 0 aromatic carbocycles. The maximum atomic E-state index is 15.6. The first kappa shape index (κ1) is 53.3. The fraction of sp³-hybridized carbons (Fsp3) is 0.714. The van der Waals surface area contributed by atoms with Gasteiger partial charge in [-0.25, -0.2) is 9.97 Å². The third-order valence-corrected chi connectivity index (χ3v) is 17.8. The fourth-order valence-electron chi connectivity index (χ4n) is 9.61. The summed E-state index contributed by atoms with van der Waals surface area (Å²) in [6.07, 6.45) is 33.2. The molecular formula is C56H88N4O2S3. The number of thiazole rings is 2. The second-order valence-corrected chi connectivity index (χ2v) is 24.7. The van der Waals surface area contributed by atoms with Crippen LogP contribution in [0.15, 0.2) is 35.7 Å². The van der Waals surface area contributed by atoms with E-state index in [1.165, 1.54) is 138 Å². The van der Waals surface area contributed by atoms with E-state index >= 15 is 9.59 Å². The maximum absolute atomic E-state index is 15.6. The van der Waals surface area contributed by atoms with Crippen LogP contribution in [0.25, 0.3) is 21.1 Å². The van der Waals surface area contributed by atoms with Crippen molar-refractivity contribution in [2.24, 2.45) is 11.8 Å². The first-order valence-corrected chi connectivity index (χ1v) is 28.8. The summed E-state index contributed by atoms with van der Waals surface area (Å²) >= 11 is 5.12. The van der Waals surface area contributed by atoms with E-state index in [-0.39, 0.29) is 22.6 Å². The van der Waals surface area contributed by atoms with Crippen LogP contribution in [0.5, 0.6) is 0 Å². The summed E-state index contributed by atoms with van der Waals surface area (Å²) in [7, 11) is 0. The van der Waals surface area contributed by atoms with Crippen molar-refractivity contribution in [3.05, 3.63) is 55.4 Å². The molecule has 2 amide bonds. The van der Waals surface area contributed by atoms with E-state index in [1.807, 2.05) is 33.5 Å². The SMILES string of the molecule is CCCCCCCCC(CCCCCC)CN1C(=O)C2=C(c3ncc(C(C)(C)C)s3)N(CC(CCCCCC)CCCCCCCC)C(=O)C2=C1c1ncc(-c2ccc(C(C)(C)C)s2)s1. The highest BCUT2D eigenvalue weighted by Crippen LogP contribution is 2.50.